The van der Waals surface area contributed by atoms with Crippen LogP contribution in [0.5, 0.6) is 0 Å². The highest BCUT2D eigenvalue weighted by molar-refractivity contribution is 6.19. The first kappa shape index (κ1) is 16.8. The van der Waals surface area contributed by atoms with Crippen LogP contribution >= 0.6 is 0 Å². The van der Waals surface area contributed by atoms with Crippen LogP contribution in [0.1, 0.15) is 12.0 Å². The number of anilines is 1. The predicted octanol–water partition coefficient (Wildman–Crippen LogP) is 0.946. The van der Waals surface area contributed by atoms with Crippen molar-refractivity contribution < 1.29 is 19.1 Å². The maximum atomic E-state index is 13.1. The third kappa shape index (κ3) is 2.80. The van der Waals surface area contributed by atoms with Gasteiger partial charge in [0.1, 0.15) is 6.04 Å². The van der Waals surface area contributed by atoms with Crippen molar-refractivity contribution in [3.05, 3.63) is 29.8 Å². The summed E-state index contributed by atoms with van der Waals surface area (Å²) in [7, 11) is 0. The fourth-order valence-electron chi connectivity index (χ4n) is 3.79. The van der Waals surface area contributed by atoms with Gasteiger partial charge in [0.15, 0.2) is 0 Å². The number of carbonyl (C=O) groups excluding carboxylic acids is 3. The fourth-order valence-corrected chi connectivity index (χ4v) is 3.79. The van der Waals surface area contributed by atoms with Gasteiger partial charge in [0.05, 0.1) is 24.9 Å². The zero-order valence-corrected chi connectivity index (χ0v) is 14.7. The molecule has 26 heavy (non-hydrogen) atoms. The van der Waals surface area contributed by atoms with Crippen LogP contribution in [0.25, 0.3) is 0 Å². The van der Waals surface area contributed by atoms with Crippen LogP contribution in [0.15, 0.2) is 24.3 Å². The third-order valence-corrected chi connectivity index (χ3v) is 5.20. The van der Waals surface area contributed by atoms with Gasteiger partial charge in [-0.1, -0.05) is 17.7 Å². The number of likely N-dealkylation sites (tertiary alicyclic amines) is 1. The van der Waals surface area contributed by atoms with Gasteiger partial charge in [0.2, 0.25) is 0 Å². The first-order chi connectivity index (χ1) is 12.6. The van der Waals surface area contributed by atoms with Crippen LogP contribution in [-0.4, -0.2) is 72.7 Å². The number of benzene rings is 1. The molecule has 1 aromatic carbocycles. The lowest BCUT2D eigenvalue weighted by atomic mass is 10.0. The topological polar surface area (TPSA) is 82.2 Å². The maximum absolute atomic E-state index is 13.1. The highest BCUT2D eigenvalue weighted by Gasteiger charge is 2.50. The number of urea groups is 2. The minimum absolute atomic E-state index is 0.158. The lowest BCUT2D eigenvalue weighted by Crippen LogP contribution is -2.66. The summed E-state index contributed by atoms with van der Waals surface area (Å²) < 4.78 is 5.29. The summed E-state index contributed by atoms with van der Waals surface area (Å²) in [6, 6.07) is 5.62. The molecular formula is C18H22N4O4. The van der Waals surface area contributed by atoms with Gasteiger partial charge in [-0.2, -0.15) is 0 Å². The summed E-state index contributed by atoms with van der Waals surface area (Å²) in [5.74, 6) is -0.346. The smallest absolute Gasteiger partial charge is 0.329 e. The molecule has 0 saturated carbocycles. The summed E-state index contributed by atoms with van der Waals surface area (Å²) in [5.41, 5.74) is 1.56. The molecular weight excluding hydrogens is 336 g/mol. The lowest BCUT2D eigenvalue weighted by molar-refractivity contribution is -0.122. The minimum Gasteiger partial charge on any atom is -0.378 e. The number of rotatable bonds is 1. The Balaban J connectivity index is 1.58. The van der Waals surface area contributed by atoms with Crippen LogP contribution in [0.3, 0.4) is 0 Å². The molecule has 0 aromatic heterocycles. The maximum Gasteiger partial charge on any atom is 0.329 e. The molecule has 3 aliphatic rings. The van der Waals surface area contributed by atoms with E-state index in [1.54, 1.807) is 21.9 Å². The average Bonchev–Trinajstić information content (AvgIpc) is 3.07. The van der Waals surface area contributed by atoms with Crippen molar-refractivity contribution in [3.63, 3.8) is 0 Å². The quantitative estimate of drug-likeness (QED) is 0.810. The van der Waals surface area contributed by atoms with E-state index in [-0.39, 0.29) is 18.0 Å². The molecule has 3 heterocycles. The number of aryl methyl sites for hydroxylation is 1. The van der Waals surface area contributed by atoms with Crippen molar-refractivity contribution in [1.82, 2.24) is 15.1 Å². The van der Waals surface area contributed by atoms with Gasteiger partial charge in [-0.15, -0.1) is 0 Å². The number of carbonyl (C=O) groups is 3. The summed E-state index contributed by atoms with van der Waals surface area (Å²) in [6.07, 6.45) is 0.583. The zero-order chi connectivity index (χ0) is 18.3. The average molecular weight is 358 g/mol. The van der Waals surface area contributed by atoms with Crippen molar-refractivity contribution in [2.75, 3.05) is 37.7 Å². The fraction of sp³-hybridized carbons (Fsp3) is 0.500. The second-order valence-electron chi connectivity index (χ2n) is 6.87. The minimum atomic E-state index is -0.663. The number of nitrogens with one attached hydrogen (secondary N) is 1. The Labute approximate surface area is 151 Å². The van der Waals surface area contributed by atoms with E-state index in [1.807, 2.05) is 19.1 Å². The van der Waals surface area contributed by atoms with Gasteiger partial charge in [0.25, 0.3) is 5.91 Å². The Bertz CT molecular complexity index is 729. The molecule has 3 aliphatic heterocycles. The van der Waals surface area contributed by atoms with Gasteiger partial charge < -0.3 is 19.9 Å². The largest absolute Gasteiger partial charge is 0.378 e. The number of imide groups is 1. The Morgan fingerprint density at radius 3 is 2.50 bits per heavy atom. The molecule has 0 aliphatic carbocycles. The number of hydrogen-bond donors (Lipinski definition) is 1. The van der Waals surface area contributed by atoms with Crippen LogP contribution in [0.2, 0.25) is 0 Å². The van der Waals surface area contributed by atoms with Gasteiger partial charge in [0, 0.05) is 19.6 Å². The van der Waals surface area contributed by atoms with Crippen molar-refractivity contribution in [1.29, 1.82) is 0 Å². The van der Waals surface area contributed by atoms with Crippen molar-refractivity contribution in [2.24, 2.45) is 0 Å². The van der Waals surface area contributed by atoms with E-state index in [0.717, 1.165) is 10.5 Å². The predicted molar refractivity (Wildman–Crippen MR) is 93.9 cm³/mol. The van der Waals surface area contributed by atoms with E-state index in [9.17, 15) is 14.4 Å². The summed E-state index contributed by atoms with van der Waals surface area (Å²) in [5, 5.41) is 2.89. The summed E-state index contributed by atoms with van der Waals surface area (Å²) >= 11 is 0. The Morgan fingerprint density at radius 2 is 1.81 bits per heavy atom. The monoisotopic (exact) mass is 358 g/mol. The molecule has 0 bridgehead atoms. The standard InChI is InChI=1S/C18H22N4O4/c1-12-2-4-13(5-3-12)22-16(23)15-14(19-17(22)24)6-7-21(15)18(25)20-8-10-26-11-9-20/h2-5,14-15H,6-11H2,1H3,(H,19,24)/t14-,15+/m1/s1. The summed E-state index contributed by atoms with van der Waals surface area (Å²) in [4.78, 5) is 42.9. The van der Waals surface area contributed by atoms with E-state index in [2.05, 4.69) is 5.32 Å². The number of morpholine rings is 1. The highest BCUT2D eigenvalue weighted by Crippen LogP contribution is 2.28. The third-order valence-electron chi connectivity index (χ3n) is 5.20. The molecule has 0 spiro atoms. The number of hydrogen-bond acceptors (Lipinski definition) is 4. The van der Waals surface area contributed by atoms with Crippen molar-refractivity contribution in [3.8, 4) is 0 Å². The molecule has 0 radical (unpaired) electrons. The van der Waals surface area contributed by atoms with Crippen LogP contribution in [0, 0.1) is 6.92 Å². The number of nitrogens with zero attached hydrogens (tertiary/aromatic N) is 3. The Morgan fingerprint density at radius 1 is 1.12 bits per heavy atom. The normalized spacial score (nSPS) is 26.0. The van der Waals surface area contributed by atoms with Gasteiger partial charge >= 0.3 is 12.1 Å². The molecule has 0 unspecified atom stereocenters. The SMILES string of the molecule is Cc1ccc(N2C(=O)N[C@@H]3CCN(C(=O)N4CCOCC4)[C@@H]3C2=O)cc1. The van der Waals surface area contributed by atoms with Crippen LogP contribution < -0.4 is 10.2 Å². The van der Waals surface area contributed by atoms with Gasteiger partial charge in [-0.25, -0.2) is 14.5 Å². The second-order valence-corrected chi connectivity index (χ2v) is 6.87. The van der Waals surface area contributed by atoms with E-state index >= 15 is 0 Å². The number of amides is 5. The molecule has 138 valence electrons. The van der Waals surface area contributed by atoms with E-state index in [1.165, 1.54) is 0 Å². The molecule has 1 aromatic rings. The highest BCUT2D eigenvalue weighted by atomic mass is 16.5. The lowest BCUT2D eigenvalue weighted by Gasteiger charge is -2.39. The Hall–Kier alpha value is -2.61. The van der Waals surface area contributed by atoms with Crippen molar-refractivity contribution in [2.45, 2.75) is 25.4 Å². The molecule has 1 N–H and O–H groups in total. The van der Waals surface area contributed by atoms with E-state index in [0.29, 0.717) is 45.0 Å². The van der Waals surface area contributed by atoms with Crippen LogP contribution in [0.4, 0.5) is 15.3 Å². The molecule has 8 nitrogen and oxygen atoms in total. The molecule has 5 amide bonds. The van der Waals surface area contributed by atoms with Gasteiger partial charge in [-0.3, -0.25) is 4.79 Å². The molecule has 3 fully saturated rings. The second kappa shape index (κ2) is 6.60. The number of fused-ring (bicyclic) bond motifs is 1. The summed E-state index contributed by atoms with van der Waals surface area (Å²) in [6.45, 7) is 4.46. The zero-order valence-electron chi connectivity index (χ0n) is 14.7. The molecule has 2 atom stereocenters. The van der Waals surface area contributed by atoms with E-state index in [4.69, 9.17) is 4.74 Å². The van der Waals surface area contributed by atoms with Gasteiger partial charge in [-0.05, 0) is 25.5 Å². The van der Waals surface area contributed by atoms with Crippen LogP contribution in [-0.2, 0) is 9.53 Å². The first-order valence-corrected chi connectivity index (χ1v) is 8.90. The molecule has 3 saturated heterocycles. The molecule has 4 rings (SSSR count). The number of ether oxygens (including phenoxy) is 1. The van der Waals surface area contributed by atoms with Crippen molar-refractivity contribution >= 4 is 23.7 Å². The van der Waals surface area contributed by atoms with E-state index < -0.39 is 12.1 Å². The first-order valence-electron chi connectivity index (χ1n) is 8.90. The Kier molecular flexibility index (Phi) is 4.28. The molecule has 8 heteroatoms.